The molecule has 2 rings (SSSR count). The van der Waals surface area contributed by atoms with Crippen molar-refractivity contribution in [2.45, 2.75) is 69.7 Å². The molecule has 0 aromatic carbocycles. The molecule has 8 heteroatoms. The lowest BCUT2D eigenvalue weighted by Crippen LogP contribution is -2.64. The van der Waals surface area contributed by atoms with Crippen molar-refractivity contribution in [2.75, 3.05) is 19.8 Å². The molecule has 2 aliphatic rings. The average molecular weight is 388 g/mol. The predicted octanol–water partition coefficient (Wildman–Crippen LogP) is 2.97. The fraction of sp³-hybridized carbons (Fsp3) is 0.889. The van der Waals surface area contributed by atoms with Crippen molar-refractivity contribution in [3.05, 3.63) is 22.8 Å². The van der Waals surface area contributed by atoms with Crippen molar-refractivity contribution < 1.29 is 23.9 Å². The van der Waals surface area contributed by atoms with Gasteiger partial charge in [0, 0.05) is 11.3 Å². The largest absolute Gasteiger partial charge is 0.413 e. The van der Waals surface area contributed by atoms with Gasteiger partial charge in [-0.1, -0.05) is 26.8 Å². The van der Waals surface area contributed by atoms with Crippen molar-refractivity contribution in [1.82, 2.24) is 0 Å². The van der Waals surface area contributed by atoms with Crippen LogP contribution in [0.25, 0.3) is 0 Å². The van der Waals surface area contributed by atoms with E-state index < -0.39 is 26.1 Å². The highest BCUT2D eigenvalue weighted by Gasteiger charge is 2.64. The molecule has 4 atom stereocenters. The first-order valence-electron chi connectivity index (χ1n) is 9.30. The summed E-state index contributed by atoms with van der Waals surface area (Å²) in [6, 6.07) is -1.11. The third-order valence-electron chi connectivity index (χ3n) is 6.27. The molecule has 7 nitrogen and oxygen atoms in total. The fourth-order valence-corrected chi connectivity index (χ4v) is 5.27. The van der Waals surface area contributed by atoms with E-state index in [1.165, 1.54) is 0 Å². The lowest BCUT2D eigenvalue weighted by molar-refractivity contribution is -0.580. The number of nitrogens with zero attached hydrogens (tertiary/aromatic N) is 1. The normalized spacial score (nSPS) is 31.9. The summed E-state index contributed by atoms with van der Waals surface area (Å²) >= 11 is 0. The fourth-order valence-electron chi connectivity index (χ4n) is 3.90. The van der Waals surface area contributed by atoms with Gasteiger partial charge in [-0.2, -0.15) is 0 Å². The van der Waals surface area contributed by atoms with Gasteiger partial charge in [-0.3, -0.25) is 10.1 Å². The minimum atomic E-state index is -2.12. The Balaban J connectivity index is 2.42. The maximum Gasteiger partial charge on any atom is 0.271 e. The number of aliphatic hydroxyl groups is 1. The van der Waals surface area contributed by atoms with E-state index in [1.54, 1.807) is 6.08 Å². The highest BCUT2D eigenvalue weighted by molar-refractivity contribution is 6.74. The standard InChI is InChI=1S/C18H33NO6Si/c1-7-8-13-14(12-20)16(19(21)22)18(23-9-10-24-18)11-15(13)25-26(5,6)17(2,3)4/h7,13-16,20H,1,8-12H2,2-6H3/t13-,14+,15-,16-/m0/s1. The Morgan fingerprint density at radius 2 is 1.92 bits per heavy atom. The molecule has 1 N–H and O–H groups in total. The number of aliphatic hydroxyl groups excluding tert-OH is 1. The maximum absolute atomic E-state index is 11.9. The van der Waals surface area contributed by atoms with Crippen molar-refractivity contribution in [2.24, 2.45) is 11.8 Å². The highest BCUT2D eigenvalue weighted by Crippen LogP contribution is 2.48. The molecule has 150 valence electrons. The molecular formula is C18H33NO6Si. The quantitative estimate of drug-likeness (QED) is 0.326. The number of allylic oxidation sites excluding steroid dienone is 1. The number of hydrogen-bond acceptors (Lipinski definition) is 6. The van der Waals surface area contributed by atoms with E-state index in [2.05, 4.69) is 40.4 Å². The van der Waals surface area contributed by atoms with Gasteiger partial charge in [0.2, 0.25) is 5.79 Å². The monoisotopic (exact) mass is 387 g/mol. The molecule has 0 radical (unpaired) electrons. The number of ether oxygens (including phenoxy) is 2. The molecule has 0 amide bonds. The molecule has 1 aliphatic carbocycles. The van der Waals surface area contributed by atoms with Crippen LogP contribution in [0.4, 0.5) is 0 Å². The van der Waals surface area contributed by atoms with Gasteiger partial charge in [0.15, 0.2) is 8.32 Å². The topological polar surface area (TPSA) is 91.1 Å². The van der Waals surface area contributed by atoms with Crippen LogP contribution < -0.4 is 0 Å². The highest BCUT2D eigenvalue weighted by atomic mass is 28.4. The SMILES string of the molecule is C=CC[C@H]1[C@@H](CO)[C@H]([N+](=O)[O-])C2(C[C@@H]1O[Si](C)(C)C(C)(C)C)OCCO2. The zero-order valence-corrected chi connectivity index (χ0v) is 17.6. The Kier molecular flexibility index (Phi) is 6.34. The van der Waals surface area contributed by atoms with Crippen LogP contribution >= 0.6 is 0 Å². The minimum Gasteiger partial charge on any atom is -0.413 e. The lowest BCUT2D eigenvalue weighted by atomic mass is 9.70. The first-order chi connectivity index (χ1) is 12.0. The van der Waals surface area contributed by atoms with Crippen molar-refractivity contribution in [3.63, 3.8) is 0 Å². The maximum atomic E-state index is 11.9. The molecule has 0 aromatic rings. The first kappa shape index (κ1) is 21.5. The second-order valence-electron chi connectivity index (χ2n) is 8.89. The zero-order chi connectivity index (χ0) is 19.8. The summed E-state index contributed by atoms with van der Waals surface area (Å²) in [5.74, 6) is -2.12. The molecule has 0 bridgehead atoms. The second-order valence-corrected chi connectivity index (χ2v) is 13.7. The van der Waals surface area contributed by atoms with Gasteiger partial charge in [0.05, 0.1) is 31.8 Å². The number of nitro groups is 1. The molecule has 0 unspecified atom stereocenters. The van der Waals surface area contributed by atoms with Crippen LogP contribution in [-0.4, -0.2) is 56.1 Å². The summed E-state index contributed by atoms with van der Waals surface area (Å²) in [7, 11) is -2.12. The number of rotatable bonds is 6. The molecular weight excluding hydrogens is 354 g/mol. The average Bonchev–Trinajstić information content (AvgIpc) is 2.96. The summed E-state index contributed by atoms with van der Waals surface area (Å²) in [5.41, 5.74) is 0. The van der Waals surface area contributed by atoms with E-state index in [0.717, 1.165) is 0 Å². The van der Waals surface area contributed by atoms with Crippen LogP contribution in [0.5, 0.6) is 0 Å². The molecule has 26 heavy (non-hydrogen) atoms. The number of hydrogen-bond donors (Lipinski definition) is 1. The molecule has 2 fully saturated rings. The Labute approximate surface area is 157 Å². The smallest absolute Gasteiger partial charge is 0.271 e. The van der Waals surface area contributed by atoms with E-state index in [9.17, 15) is 15.2 Å². The van der Waals surface area contributed by atoms with Gasteiger partial charge in [0.25, 0.3) is 6.04 Å². The van der Waals surface area contributed by atoms with Gasteiger partial charge in [0.1, 0.15) is 0 Å². The molecule has 1 saturated carbocycles. The third kappa shape index (κ3) is 3.89. The van der Waals surface area contributed by atoms with Crippen LogP contribution in [0.2, 0.25) is 18.1 Å². The zero-order valence-electron chi connectivity index (χ0n) is 16.6. The van der Waals surface area contributed by atoms with E-state index >= 15 is 0 Å². The Morgan fingerprint density at radius 3 is 2.35 bits per heavy atom. The molecule has 0 aromatic heterocycles. The first-order valence-corrected chi connectivity index (χ1v) is 12.2. The van der Waals surface area contributed by atoms with Crippen LogP contribution in [0.3, 0.4) is 0 Å². The molecule has 1 heterocycles. The van der Waals surface area contributed by atoms with Gasteiger partial charge in [-0.25, -0.2) is 0 Å². The van der Waals surface area contributed by atoms with Crippen LogP contribution in [0, 0.1) is 22.0 Å². The molecule has 1 saturated heterocycles. The van der Waals surface area contributed by atoms with E-state index in [4.69, 9.17) is 13.9 Å². The summed E-state index contributed by atoms with van der Waals surface area (Å²) in [5, 5.41) is 21.9. The van der Waals surface area contributed by atoms with Crippen LogP contribution in [0.15, 0.2) is 12.7 Å². The summed E-state index contributed by atoms with van der Waals surface area (Å²) in [6.45, 7) is 14.9. The van der Waals surface area contributed by atoms with Crippen molar-refractivity contribution in [1.29, 1.82) is 0 Å². The summed E-state index contributed by atoms with van der Waals surface area (Å²) < 4.78 is 18.2. The minimum absolute atomic E-state index is 0.00491. The third-order valence-corrected chi connectivity index (χ3v) is 10.8. The van der Waals surface area contributed by atoms with Crippen molar-refractivity contribution >= 4 is 8.32 Å². The van der Waals surface area contributed by atoms with Gasteiger partial charge >= 0.3 is 0 Å². The Bertz CT molecular complexity index is 526. The predicted molar refractivity (Wildman–Crippen MR) is 101 cm³/mol. The van der Waals surface area contributed by atoms with E-state index in [-0.39, 0.29) is 28.6 Å². The molecule has 1 spiro atoms. The Morgan fingerprint density at radius 1 is 1.35 bits per heavy atom. The van der Waals surface area contributed by atoms with Gasteiger partial charge < -0.3 is 19.0 Å². The summed E-state index contributed by atoms with van der Waals surface area (Å²) in [6.07, 6.45) is 2.33. The van der Waals surface area contributed by atoms with Gasteiger partial charge in [-0.15, -0.1) is 6.58 Å². The second kappa shape index (κ2) is 7.67. The van der Waals surface area contributed by atoms with E-state index in [1.807, 2.05) is 0 Å². The lowest BCUT2D eigenvalue weighted by Gasteiger charge is -2.49. The van der Waals surface area contributed by atoms with E-state index in [0.29, 0.717) is 26.1 Å². The van der Waals surface area contributed by atoms with Crippen molar-refractivity contribution in [3.8, 4) is 0 Å². The van der Waals surface area contributed by atoms with Crippen LogP contribution in [0.1, 0.15) is 33.6 Å². The Hall–Kier alpha value is -0.803. The van der Waals surface area contributed by atoms with Gasteiger partial charge in [-0.05, 0) is 30.5 Å². The molecule has 1 aliphatic heterocycles. The summed E-state index contributed by atoms with van der Waals surface area (Å²) in [4.78, 5) is 11.5. The van der Waals surface area contributed by atoms with Crippen LogP contribution in [-0.2, 0) is 13.9 Å².